The molecule has 0 unspecified atom stereocenters. The van der Waals surface area contributed by atoms with Crippen molar-refractivity contribution in [2.45, 2.75) is 0 Å². The predicted molar refractivity (Wildman–Crippen MR) is 90.0 cm³/mol. The van der Waals surface area contributed by atoms with E-state index >= 15 is 0 Å². The second-order valence-electron chi connectivity index (χ2n) is 4.78. The third-order valence-corrected chi connectivity index (χ3v) is 2.92. The maximum atomic E-state index is 11.7. The number of aromatic nitrogens is 1. The summed E-state index contributed by atoms with van der Waals surface area (Å²) in [5.41, 5.74) is 4.97. The fourth-order valence-electron chi connectivity index (χ4n) is 1.73. The fraction of sp³-hybridized carbons (Fsp3) is 0.118. The molecular formula is C17H18N4O. The molecule has 0 radical (unpaired) electrons. The lowest BCUT2D eigenvalue weighted by atomic mass is 10.2. The summed E-state index contributed by atoms with van der Waals surface area (Å²) < 4.78 is 0. The first-order valence-electron chi connectivity index (χ1n) is 6.85. The Morgan fingerprint density at radius 2 is 1.95 bits per heavy atom. The quantitative estimate of drug-likeness (QED) is 0.681. The van der Waals surface area contributed by atoms with Crippen LogP contribution in [0.2, 0.25) is 0 Å². The van der Waals surface area contributed by atoms with E-state index in [1.54, 1.807) is 30.5 Å². The minimum absolute atomic E-state index is 0.333. The Morgan fingerprint density at radius 3 is 2.59 bits per heavy atom. The summed E-state index contributed by atoms with van der Waals surface area (Å²) in [5.74, 6) is -0.333. The first kappa shape index (κ1) is 15.4. The number of anilines is 1. The Bertz CT molecular complexity index is 661. The summed E-state index contributed by atoms with van der Waals surface area (Å²) in [6.07, 6.45) is 6.77. The zero-order valence-corrected chi connectivity index (χ0v) is 12.6. The van der Waals surface area contributed by atoms with Gasteiger partial charge in [-0.25, -0.2) is 5.43 Å². The van der Waals surface area contributed by atoms with Crippen molar-refractivity contribution >= 4 is 23.9 Å². The number of hydrogen-bond donors (Lipinski definition) is 1. The lowest BCUT2D eigenvalue weighted by Gasteiger charge is -2.11. The molecule has 2 rings (SSSR count). The van der Waals surface area contributed by atoms with Crippen LogP contribution in [-0.4, -0.2) is 31.2 Å². The summed E-state index contributed by atoms with van der Waals surface area (Å²) in [5, 5.41) is 3.85. The number of amides is 1. The van der Waals surface area contributed by atoms with E-state index in [0.717, 1.165) is 11.3 Å². The third-order valence-electron chi connectivity index (χ3n) is 2.92. The number of carbonyl (C=O) groups excluding carboxylic acids is 1. The predicted octanol–water partition coefficient (Wildman–Crippen LogP) is 2.58. The number of rotatable bonds is 5. The fourth-order valence-corrected chi connectivity index (χ4v) is 1.73. The summed E-state index contributed by atoms with van der Waals surface area (Å²) >= 11 is 0. The van der Waals surface area contributed by atoms with E-state index in [9.17, 15) is 4.79 Å². The molecule has 0 aliphatic heterocycles. The molecule has 2 aromatic rings. The maximum absolute atomic E-state index is 11.7. The maximum Gasteiger partial charge on any atom is 0.289 e. The van der Waals surface area contributed by atoms with Crippen molar-refractivity contribution in [3.05, 3.63) is 66.0 Å². The number of allylic oxidation sites excluding steroid dienone is 1. The molecule has 5 nitrogen and oxygen atoms in total. The molecule has 1 N–H and O–H groups in total. The normalized spacial score (nSPS) is 11.0. The Balaban J connectivity index is 1.85. The van der Waals surface area contributed by atoms with Crippen LogP contribution in [0.25, 0.3) is 6.08 Å². The highest BCUT2D eigenvalue weighted by Crippen LogP contribution is 2.12. The van der Waals surface area contributed by atoms with Crippen LogP contribution in [0.1, 0.15) is 16.1 Å². The van der Waals surface area contributed by atoms with Gasteiger partial charge in [0.1, 0.15) is 5.69 Å². The summed E-state index contributed by atoms with van der Waals surface area (Å²) in [6, 6.07) is 13.3. The van der Waals surface area contributed by atoms with Crippen molar-refractivity contribution in [2.24, 2.45) is 5.10 Å². The Morgan fingerprint density at radius 1 is 1.18 bits per heavy atom. The Kier molecular flexibility index (Phi) is 5.43. The number of carbonyl (C=O) groups is 1. The van der Waals surface area contributed by atoms with Gasteiger partial charge in [-0.05, 0) is 35.9 Å². The number of nitrogens with zero attached hydrogens (tertiary/aromatic N) is 3. The molecular weight excluding hydrogens is 276 g/mol. The average Bonchev–Trinajstić information content (AvgIpc) is 2.55. The number of pyridine rings is 1. The summed E-state index contributed by atoms with van der Waals surface area (Å²) in [4.78, 5) is 17.6. The van der Waals surface area contributed by atoms with Crippen LogP contribution in [0.15, 0.2) is 59.8 Å². The molecule has 0 spiro atoms. The van der Waals surface area contributed by atoms with Gasteiger partial charge in [0.25, 0.3) is 5.91 Å². The molecule has 22 heavy (non-hydrogen) atoms. The molecule has 1 aromatic carbocycles. The van der Waals surface area contributed by atoms with Gasteiger partial charge in [0.05, 0.1) is 0 Å². The van der Waals surface area contributed by atoms with E-state index in [2.05, 4.69) is 15.5 Å². The minimum Gasteiger partial charge on any atom is -0.378 e. The van der Waals surface area contributed by atoms with Crippen molar-refractivity contribution in [3.8, 4) is 0 Å². The zero-order chi connectivity index (χ0) is 15.8. The molecule has 0 aliphatic rings. The molecule has 1 heterocycles. The van der Waals surface area contributed by atoms with E-state index in [-0.39, 0.29) is 5.91 Å². The van der Waals surface area contributed by atoms with Gasteiger partial charge in [-0.1, -0.05) is 24.3 Å². The van der Waals surface area contributed by atoms with Crippen molar-refractivity contribution < 1.29 is 4.79 Å². The Hall–Kier alpha value is -2.95. The molecule has 0 aliphatic carbocycles. The zero-order valence-electron chi connectivity index (χ0n) is 12.6. The largest absolute Gasteiger partial charge is 0.378 e. The molecule has 112 valence electrons. The molecule has 0 fully saturated rings. The van der Waals surface area contributed by atoms with Crippen LogP contribution >= 0.6 is 0 Å². The molecule has 0 atom stereocenters. The van der Waals surface area contributed by atoms with Gasteiger partial charge in [0.15, 0.2) is 0 Å². The number of nitrogens with one attached hydrogen (secondary N) is 1. The van der Waals surface area contributed by atoms with Gasteiger partial charge < -0.3 is 4.90 Å². The first-order valence-corrected chi connectivity index (χ1v) is 6.85. The highest BCUT2D eigenvalue weighted by atomic mass is 16.2. The molecule has 0 bridgehead atoms. The number of hydrazone groups is 1. The van der Waals surface area contributed by atoms with Crippen LogP contribution < -0.4 is 10.3 Å². The lowest BCUT2D eigenvalue weighted by molar-refractivity contribution is 0.0950. The van der Waals surface area contributed by atoms with Crippen LogP contribution in [0, 0.1) is 0 Å². The first-order chi connectivity index (χ1) is 10.7. The molecule has 0 saturated heterocycles. The third kappa shape index (κ3) is 4.56. The van der Waals surface area contributed by atoms with Gasteiger partial charge in [-0.3, -0.25) is 9.78 Å². The van der Waals surface area contributed by atoms with E-state index in [0.29, 0.717) is 5.69 Å². The second-order valence-corrected chi connectivity index (χ2v) is 4.78. The van der Waals surface area contributed by atoms with E-state index in [4.69, 9.17) is 0 Å². The smallest absolute Gasteiger partial charge is 0.289 e. The van der Waals surface area contributed by atoms with Crippen LogP contribution in [-0.2, 0) is 0 Å². The minimum atomic E-state index is -0.333. The Labute approximate surface area is 130 Å². The van der Waals surface area contributed by atoms with Crippen molar-refractivity contribution in [1.82, 2.24) is 10.4 Å². The van der Waals surface area contributed by atoms with Crippen LogP contribution in [0.3, 0.4) is 0 Å². The number of benzene rings is 1. The second kappa shape index (κ2) is 7.73. The van der Waals surface area contributed by atoms with E-state index in [1.165, 1.54) is 6.21 Å². The highest BCUT2D eigenvalue weighted by molar-refractivity contribution is 5.92. The topological polar surface area (TPSA) is 57.6 Å². The molecule has 5 heteroatoms. The monoisotopic (exact) mass is 294 g/mol. The van der Waals surface area contributed by atoms with Crippen molar-refractivity contribution in [1.29, 1.82) is 0 Å². The molecule has 1 amide bonds. The van der Waals surface area contributed by atoms with Gasteiger partial charge in [-0.15, -0.1) is 0 Å². The van der Waals surface area contributed by atoms with Gasteiger partial charge >= 0.3 is 0 Å². The van der Waals surface area contributed by atoms with Gasteiger partial charge in [0, 0.05) is 32.2 Å². The van der Waals surface area contributed by atoms with Gasteiger partial charge in [0.2, 0.25) is 0 Å². The van der Waals surface area contributed by atoms with Crippen molar-refractivity contribution in [3.63, 3.8) is 0 Å². The summed E-state index contributed by atoms with van der Waals surface area (Å²) in [6.45, 7) is 0. The SMILES string of the molecule is CN(C)c1ccc(/C=C/C=N/NC(=O)c2ccccn2)cc1. The number of hydrogen-bond acceptors (Lipinski definition) is 4. The van der Waals surface area contributed by atoms with Crippen LogP contribution in [0.4, 0.5) is 5.69 Å². The van der Waals surface area contributed by atoms with Gasteiger partial charge in [-0.2, -0.15) is 5.10 Å². The summed E-state index contributed by atoms with van der Waals surface area (Å²) in [7, 11) is 4.00. The lowest BCUT2D eigenvalue weighted by Crippen LogP contribution is -2.18. The highest BCUT2D eigenvalue weighted by Gasteiger charge is 2.02. The van der Waals surface area contributed by atoms with E-state index in [1.807, 2.05) is 49.3 Å². The van der Waals surface area contributed by atoms with E-state index < -0.39 is 0 Å². The standard InChI is InChI=1S/C17H18N4O/c1-21(2)15-10-8-14(9-11-15)6-5-13-19-20-17(22)16-7-3-4-12-18-16/h3-13H,1-2H3,(H,20,22)/b6-5+,19-13+. The molecule has 1 aromatic heterocycles. The average molecular weight is 294 g/mol. The van der Waals surface area contributed by atoms with Crippen LogP contribution in [0.5, 0.6) is 0 Å². The van der Waals surface area contributed by atoms with Crippen molar-refractivity contribution in [2.75, 3.05) is 19.0 Å². The molecule has 0 saturated carbocycles.